The number of nitrogen functional groups attached to an aromatic ring is 1. The molecule has 15 heavy (non-hydrogen) atoms. The largest absolute Gasteiger partial charge is 0.384 e. The molecule has 0 aliphatic carbocycles. The Balaban J connectivity index is 0.000000531. The molecular formula is C12H19N3. The number of nitrogens with two attached hydrogens (primary N) is 1. The maximum absolute atomic E-state index is 5.51. The van der Waals surface area contributed by atoms with Gasteiger partial charge in [0.1, 0.15) is 5.82 Å². The second-order valence-corrected chi connectivity index (χ2v) is 3.16. The Kier molecular flexibility index (Phi) is 4.84. The van der Waals surface area contributed by atoms with E-state index in [0.717, 1.165) is 19.5 Å². The minimum Gasteiger partial charge on any atom is -0.384 e. The number of rotatable bonds is 1. The zero-order chi connectivity index (χ0) is 11.1. The van der Waals surface area contributed by atoms with Crippen molar-refractivity contribution in [1.82, 2.24) is 10.3 Å². The highest BCUT2D eigenvalue weighted by Gasteiger charge is 2.04. The van der Waals surface area contributed by atoms with Crippen LogP contribution in [0.2, 0.25) is 0 Å². The highest BCUT2D eigenvalue weighted by Crippen LogP contribution is 2.18. The third kappa shape index (κ3) is 3.36. The van der Waals surface area contributed by atoms with E-state index in [1.807, 2.05) is 32.2 Å². The van der Waals surface area contributed by atoms with Gasteiger partial charge in [0, 0.05) is 12.7 Å². The van der Waals surface area contributed by atoms with Crippen molar-refractivity contribution in [3.8, 4) is 0 Å². The SMILES string of the molecule is CC.Nc1ccc(C2=CCNCC2)cn1. The summed E-state index contributed by atoms with van der Waals surface area (Å²) in [6.07, 6.45) is 5.12. The van der Waals surface area contributed by atoms with Gasteiger partial charge in [-0.25, -0.2) is 4.98 Å². The number of aromatic nitrogens is 1. The van der Waals surface area contributed by atoms with Crippen LogP contribution in [0.4, 0.5) is 5.82 Å². The molecule has 0 saturated heterocycles. The fourth-order valence-corrected chi connectivity index (χ4v) is 1.48. The van der Waals surface area contributed by atoms with E-state index in [2.05, 4.69) is 16.4 Å². The van der Waals surface area contributed by atoms with Gasteiger partial charge < -0.3 is 11.1 Å². The zero-order valence-corrected chi connectivity index (χ0v) is 9.46. The predicted molar refractivity (Wildman–Crippen MR) is 65.5 cm³/mol. The van der Waals surface area contributed by atoms with Gasteiger partial charge in [0.15, 0.2) is 0 Å². The van der Waals surface area contributed by atoms with E-state index >= 15 is 0 Å². The molecule has 0 unspecified atom stereocenters. The maximum atomic E-state index is 5.51. The van der Waals surface area contributed by atoms with Crippen LogP contribution in [0.15, 0.2) is 24.4 Å². The Morgan fingerprint density at radius 2 is 2.13 bits per heavy atom. The lowest BCUT2D eigenvalue weighted by molar-refractivity contribution is 0.738. The van der Waals surface area contributed by atoms with E-state index in [1.54, 1.807) is 0 Å². The number of anilines is 1. The first-order valence-corrected chi connectivity index (χ1v) is 5.48. The van der Waals surface area contributed by atoms with E-state index < -0.39 is 0 Å². The second-order valence-electron chi connectivity index (χ2n) is 3.16. The minimum atomic E-state index is 0.582. The van der Waals surface area contributed by atoms with Crippen molar-refractivity contribution < 1.29 is 0 Å². The maximum Gasteiger partial charge on any atom is 0.123 e. The topological polar surface area (TPSA) is 50.9 Å². The van der Waals surface area contributed by atoms with Gasteiger partial charge in [-0.2, -0.15) is 0 Å². The van der Waals surface area contributed by atoms with Crippen molar-refractivity contribution in [2.24, 2.45) is 0 Å². The molecule has 0 fully saturated rings. The Bertz CT molecular complexity index is 314. The van der Waals surface area contributed by atoms with Crippen molar-refractivity contribution in [2.75, 3.05) is 18.8 Å². The molecule has 0 spiro atoms. The van der Waals surface area contributed by atoms with Gasteiger partial charge in [-0.15, -0.1) is 0 Å². The van der Waals surface area contributed by atoms with Gasteiger partial charge in [0.25, 0.3) is 0 Å². The summed E-state index contributed by atoms with van der Waals surface area (Å²) in [4.78, 5) is 4.07. The molecule has 1 aliphatic rings. The van der Waals surface area contributed by atoms with Crippen LogP contribution in [0.25, 0.3) is 5.57 Å². The van der Waals surface area contributed by atoms with Gasteiger partial charge in [0.05, 0.1) is 0 Å². The van der Waals surface area contributed by atoms with E-state index in [4.69, 9.17) is 5.73 Å². The Morgan fingerprint density at radius 1 is 1.33 bits per heavy atom. The Labute approximate surface area is 91.4 Å². The molecule has 3 nitrogen and oxygen atoms in total. The predicted octanol–water partition coefficient (Wildman–Crippen LogP) is 2.07. The van der Waals surface area contributed by atoms with Crippen molar-refractivity contribution >= 4 is 11.4 Å². The smallest absolute Gasteiger partial charge is 0.123 e. The van der Waals surface area contributed by atoms with Gasteiger partial charge in [-0.05, 0) is 36.2 Å². The average Bonchev–Trinajstić information content (AvgIpc) is 2.34. The third-order valence-electron chi connectivity index (χ3n) is 2.22. The fourth-order valence-electron chi connectivity index (χ4n) is 1.48. The highest BCUT2D eigenvalue weighted by molar-refractivity contribution is 5.66. The minimum absolute atomic E-state index is 0.582. The molecule has 0 atom stereocenters. The average molecular weight is 205 g/mol. The van der Waals surface area contributed by atoms with Crippen LogP contribution < -0.4 is 11.1 Å². The first-order valence-electron chi connectivity index (χ1n) is 5.48. The summed E-state index contributed by atoms with van der Waals surface area (Å²) in [7, 11) is 0. The molecule has 1 aliphatic heterocycles. The summed E-state index contributed by atoms with van der Waals surface area (Å²) < 4.78 is 0. The number of pyridine rings is 1. The number of nitrogens with zero attached hydrogens (tertiary/aromatic N) is 1. The van der Waals surface area contributed by atoms with Crippen LogP contribution in [0.5, 0.6) is 0 Å². The van der Waals surface area contributed by atoms with Crippen LogP contribution in [-0.4, -0.2) is 18.1 Å². The van der Waals surface area contributed by atoms with Crippen LogP contribution >= 0.6 is 0 Å². The zero-order valence-electron chi connectivity index (χ0n) is 9.46. The van der Waals surface area contributed by atoms with Crippen molar-refractivity contribution in [3.05, 3.63) is 30.0 Å². The lowest BCUT2D eigenvalue weighted by Crippen LogP contribution is -2.20. The lowest BCUT2D eigenvalue weighted by Gasteiger charge is -2.13. The molecule has 1 aromatic heterocycles. The van der Waals surface area contributed by atoms with E-state index in [-0.39, 0.29) is 0 Å². The molecule has 2 heterocycles. The summed E-state index contributed by atoms with van der Waals surface area (Å²) in [5, 5.41) is 3.27. The van der Waals surface area contributed by atoms with Gasteiger partial charge >= 0.3 is 0 Å². The van der Waals surface area contributed by atoms with Crippen LogP contribution in [0, 0.1) is 0 Å². The van der Waals surface area contributed by atoms with E-state index in [0.29, 0.717) is 5.82 Å². The number of hydrogen-bond donors (Lipinski definition) is 2. The van der Waals surface area contributed by atoms with E-state index in [1.165, 1.54) is 11.1 Å². The molecule has 0 amide bonds. The number of nitrogens with one attached hydrogen (secondary N) is 1. The highest BCUT2D eigenvalue weighted by atomic mass is 14.9. The molecule has 3 N–H and O–H groups in total. The first kappa shape index (κ1) is 11.7. The number of hydrogen-bond acceptors (Lipinski definition) is 3. The molecule has 2 rings (SSSR count). The van der Waals surface area contributed by atoms with E-state index in [9.17, 15) is 0 Å². The summed E-state index contributed by atoms with van der Waals surface area (Å²) in [5.41, 5.74) is 8.07. The molecule has 0 radical (unpaired) electrons. The summed E-state index contributed by atoms with van der Waals surface area (Å²) in [6, 6.07) is 3.87. The van der Waals surface area contributed by atoms with Crippen LogP contribution in [-0.2, 0) is 0 Å². The lowest BCUT2D eigenvalue weighted by atomic mass is 10.0. The quantitative estimate of drug-likeness (QED) is 0.738. The van der Waals surface area contributed by atoms with Crippen molar-refractivity contribution in [3.63, 3.8) is 0 Å². The van der Waals surface area contributed by atoms with Crippen molar-refractivity contribution in [2.45, 2.75) is 20.3 Å². The second kappa shape index (κ2) is 6.19. The third-order valence-corrected chi connectivity index (χ3v) is 2.22. The van der Waals surface area contributed by atoms with Gasteiger partial charge in [0.2, 0.25) is 0 Å². The summed E-state index contributed by atoms with van der Waals surface area (Å²) in [6.45, 7) is 6.01. The normalized spacial score (nSPS) is 14.9. The molecule has 0 aromatic carbocycles. The van der Waals surface area contributed by atoms with Crippen LogP contribution in [0.3, 0.4) is 0 Å². The monoisotopic (exact) mass is 205 g/mol. The Morgan fingerprint density at radius 3 is 2.67 bits per heavy atom. The summed E-state index contributed by atoms with van der Waals surface area (Å²) >= 11 is 0. The first-order chi connectivity index (χ1) is 7.36. The Hall–Kier alpha value is -1.35. The molecule has 0 bridgehead atoms. The van der Waals surface area contributed by atoms with Gasteiger partial charge in [-0.1, -0.05) is 19.9 Å². The molecule has 0 saturated carbocycles. The molecule has 3 heteroatoms. The molecule has 1 aromatic rings. The standard InChI is InChI=1S/C10H13N3.C2H6/c11-10-2-1-9(7-13-10)8-3-5-12-6-4-8;1-2/h1-3,7,12H,4-6H2,(H2,11,13);1-2H3. The van der Waals surface area contributed by atoms with Crippen LogP contribution in [0.1, 0.15) is 25.8 Å². The molecular weight excluding hydrogens is 186 g/mol. The molecule has 82 valence electrons. The summed E-state index contributed by atoms with van der Waals surface area (Å²) in [5.74, 6) is 0.582. The fraction of sp³-hybridized carbons (Fsp3) is 0.417. The van der Waals surface area contributed by atoms with Crippen molar-refractivity contribution in [1.29, 1.82) is 0 Å². The van der Waals surface area contributed by atoms with Gasteiger partial charge in [-0.3, -0.25) is 0 Å².